The van der Waals surface area contributed by atoms with E-state index >= 15 is 0 Å². The monoisotopic (exact) mass is 208 g/mol. The van der Waals surface area contributed by atoms with Gasteiger partial charge in [-0.15, -0.1) is 0 Å². The summed E-state index contributed by atoms with van der Waals surface area (Å²) in [4.78, 5) is 15.2. The van der Waals surface area contributed by atoms with Crippen molar-refractivity contribution in [2.24, 2.45) is 11.8 Å². The van der Waals surface area contributed by atoms with Crippen LogP contribution in [0.15, 0.2) is 0 Å². The zero-order valence-corrected chi connectivity index (χ0v) is 9.27. The first-order chi connectivity index (χ1) is 7.36. The van der Waals surface area contributed by atoms with E-state index in [1.165, 1.54) is 25.7 Å². The summed E-state index contributed by atoms with van der Waals surface area (Å²) in [6.07, 6.45) is 6.86. The van der Waals surface area contributed by atoms with Crippen LogP contribution in [0.1, 0.15) is 25.7 Å². The molecule has 0 aromatic heterocycles. The summed E-state index contributed by atoms with van der Waals surface area (Å²) in [5, 5.41) is 0. The molecule has 84 valence electrons. The molecule has 0 spiro atoms. The maximum atomic E-state index is 10.6. The first-order valence-electron chi connectivity index (χ1n) is 6.30. The molecular weight excluding hydrogens is 188 g/mol. The standard InChI is InChI=1S/C12H20N2O/c15-9-13-3-5-14(6-4-13)12-8-10-1-2-11(12)7-10/h9-12H,1-8H2/t10-,11-,12-/m0/s1. The third-order valence-corrected chi connectivity index (χ3v) is 4.67. The van der Waals surface area contributed by atoms with Gasteiger partial charge in [0.1, 0.15) is 0 Å². The lowest BCUT2D eigenvalue weighted by Gasteiger charge is -2.39. The molecule has 1 heterocycles. The molecule has 3 rings (SSSR count). The van der Waals surface area contributed by atoms with Crippen LogP contribution in [-0.2, 0) is 4.79 Å². The lowest BCUT2D eigenvalue weighted by molar-refractivity contribution is -0.120. The van der Waals surface area contributed by atoms with Gasteiger partial charge in [-0.05, 0) is 31.1 Å². The zero-order chi connectivity index (χ0) is 10.3. The Bertz CT molecular complexity index is 248. The number of carbonyl (C=O) groups excluding carboxylic acids is 1. The third kappa shape index (κ3) is 1.67. The van der Waals surface area contributed by atoms with Crippen molar-refractivity contribution in [3.63, 3.8) is 0 Å². The highest BCUT2D eigenvalue weighted by Gasteiger charge is 2.42. The topological polar surface area (TPSA) is 23.6 Å². The van der Waals surface area contributed by atoms with Gasteiger partial charge in [0, 0.05) is 32.2 Å². The molecule has 1 amide bonds. The van der Waals surface area contributed by atoms with Crippen molar-refractivity contribution in [3.8, 4) is 0 Å². The largest absolute Gasteiger partial charge is 0.343 e. The fraction of sp³-hybridized carbons (Fsp3) is 0.917. The second-order valence-electron chi connectivity index (χ2n) is 5.42. The van der Waals surface area contributed by atoms with E-state index in [-0.39, 0.29) is 0 Å². The molecule has 3 heteroatoms. The Morgan fingerprint density at radius 3 is 2.33 bits per heavy atom. The molecule has 3 fully saturated rings. The van der Waals surface area contributed by atoms with Gasteiger partial charge in [0.2, 0.25) is 6.41 Å². The van der Waals surface area contributed by atoms with Crippen LogP contribution in [0.25, 0.3) is 0 Å². The van der Waals surface area contributed by atoms with Gasteiger partial charge in [-0.25, -0.2) is 0 Å². The fourth-order valence-corrected chi connectivity index (χ4v) is 3.83. The average molecular weight is 208 g/mol. The Morgan fingerprint density at radius 2 is 1.80 bits per heavy atom. The van der Waals surface area contributed by atoms with E-state index in [2.05, 4.69) is 4.90 Å². The van der Waals surface area contributed by atoms with Crippen LogP contribution in [0.4, 0.5) is 0 Å². The van der Waals surface area contributed by atoms with Crippen molar-refractivity contribution in [3.05, 3.63) is 0 Å². The summed E-state index contributed by atoms with van der Waals surface area (Å²) >= 11 is 0. The molecular formula is C12H20N2O. The van der Waals surface area contributed by atoms with Crippen molar-refractivity contribution in [1.82, 2.24) is 9.80 Å². The molecule has 0 unspecified atom stereocenters. The molecule has 2 bridgehead atoms. The molecule has 2 aliphatic carbocycles. The predicted octanol–water partition coefficient (Wildman–Crippen LogP) is 0.949. The molecule has 0 aromatic rings. The van der Waals surface area contributed by atoms with Crippen molar-refractivity contribution < 1.29 is 4.79 Å². The molecule has 0 N–H and O–H groups in total. The molecule has 2 saturated carbocycles. The van der Waals surface area contributed by atoms with Crippen LogP contribution < -0.4 is 0 Å². The number of piperazine rings is 1. The molecule has 3 nitrogen and oxygen atoms in total. The number of hydrogen-bond acceptors (Lipinski definition) is 2. The van der Waals surface area contributed by atoms with Crippen LogP contribution >= 0.6 is 0 Å². The zero-order valence-electron chi connectivity index (χ0n) is 9.27. The summed E-state index contributed by atoms with van der Waals surface area (Å²) in [7, 11) is 0. The van der Waals surface area contributed by atoms with Crippen molar-refractivity contribution in [1.29, 1.82) is 0 Å². The first kappa shape index (κ1) is 9.64. The Morgan fingerprint density at radius 1 is 1.00 bits per heavy atom. The van der Waals surface area contributed by atoms with Gasteiger partial charge < -0.3 is 4.90 Å². The quantitative estimate of drug-likeness (QED) is 0.631. The summed E-state index contributed by atoms with van der Waals surface area (Å²) in [6, 6.07) is 0.859. The van der Waals surface area contributed by atoms with Crippen LogP contribution in [-0.4, -0.2) is 48.4 Å². The van der Waals surface area contributed by atoms with Gasteiger partial charge in [-0.2, -0.15) is 0 Å². The normalized spacial score (nSPS) is 41.1. The lowest BCUT2D eigenvalue weighted by Crippen LogP contribution is -2.51. The number of hydrogen-bond donors (Lipinski definition) is 0. The van der Waals surface area contributed by atoms with Gasteiger partial charge in [0.05, 0.1) is 0 Å². The van der Waals surface area contributed by atoms with E-state index in [0.717, 1.165) is 50.5 Å². The van der Waals surface area contributed by atoms with E-state index in [0.29, 0.717) is 0 Å². The highest BCUT2D eigenvalue weighted by atomic mass is 16.1. The second kappa shape index (κ2) is 3.78. The van der Waals surface area contributed by atoms with E-state index < -0.39 is 0 Å². The number of rotatable bonds is 2. The van der Waals surface area contributed by atoms with E-state index in [4.69, 9.17) is 0 Å². The number of carbonyl (C=O) groups is 1. The SMILES string of the molecule is O=CN1CCN([C@H]2C[C@H]3CC[C@H]2C3)CC1. The predicted molar refractivity (Wildman–Crippen MR) is 58.4 cm³/mol. The molecule has 0 aromatic carbocycles. The van der Waals surface area contributed by atoms with Gasteiger partial charge >= 0.3 is 0 Å². The average Bonchev–Trinajstić information content (AvgIpc) is 2.91. The summed E-state index contributed by atoms with van der Waals surface area (Å²) in [5.41, 5.74) is 0. The lowest BCUT2D eigenvalue weighted by atomic mass is 9.93. The highest BCUT2D eigenvalue weighted by Crippen LogP contribution is 2.46. The maximum absolute atomic E-state index is 10.6. The fourth-order valence-electron chi connectivity index (χ4n) is 3.83. The third-order valence-electron chi connectivity index (χ3n) is 4.67. The minimum atomic E-state index is 0.859. The summed E-state index contributed by atoms with van der Waals surface area (Å²) < 4.78 is 0. The smallest absolute Gasteiger partial charge is 0.209 e. The molecule has 3 aliphatic rings. The van der Waals surface area contributed by atoms with Crippen LogP contribution in [0.5, 0.6) is 0 Å². The van der Waals surface area contributed by atoms with E-state index in [1.54, 1.807) is 0 Å². The summed E-state index contributed by atoms with van der Waals surface area (Å²) in [6.45, 7) is 4.09. The molecule has 1 saturated heterocycles. The number of amides is 1. The van der Waals surface area contributed by atoms with Crippen molar-refractivity contribution >= 4 is 6.41 Å². The highest BCUT2D eigenvalue weighted by molar-refractivity contribution is 5.47. The van der Waals surface area contributed by atoms with Gasteiger partial charge in [0.15, 0.2) is 0 Å². The molecule has 0 radical (unpaired) electrons. The van der Waals surface area contributed by atoms with E-state index in [9.17, 15) is 4.79 Å². The minimum absolute atomic E-state index is 0.859. The van der Waals surface area contributed by atoms with Gasteiger partial charge in [-0.3, -0.25) is 9.69 Å². The second-order valence-corrected chi connectivity index (χ2v) is 5.42. The molecule has 3 atom stereocenters. The van der Waals surface area contributed by atoms with Crippen molar-refractivity contribution in [2.45, 2.75) is 31.7 Å². The van der Waals surface area contributed by atoms with E-state index in [1.807, 2.05) is 4.90 Å². The molecule has 1 aliphatic heterocycles. The Hall–Kier alpha value is -0.570. The Balaban J connectivity index is 1.58. The maximum Gasteiger partial charge on any atom is 0.209 e. The van der Waals surface area contributed by atoms with Crippen LogP contribution in [0, 0.1) is 11.8 Å². The van der Waals surface area contributed by atoms with Crippen LogP contribution in [0.3, 0.4) is 0 Å². The Kier molecular flexibility index (Phi) is 2.43. The Labute approximate surface area is 91.4 Å². The minimum Gasteiger partial charge on any atom is -0.343 e. The first-order valence-corrected chi connectivity index (χ1v) is 6.30. The van der Waals surface area contributed by atoms with Crippen LogP contribution in [0.2, 0.25) is 0 Å². The summed E-state index contributed by atoms with van der Waals surface area (Å²) in [5.74, 6) is 2.02. The van der Waals surface area contributed by atoms with Gasteiger partial charge in [0.25, 0.3) is 0 Å². The number of nitrogens with zero attached hydrogens (tertiary/aromatic N) is 2. The van der Waals surface area contributed by atoms with Crippen molar-refractivity contribution in [2.75, 3.05) is 26.2 Å². The van der Waals surface area contributed by atoms with Gasteiger partial charge in [-0.1, -0.05) is 6.42 Å². The number of fused-ring (bicyclic) bond motifs is 2. The molecule has 15 heavy (non-hydrogen) atoms.